The van der Waals surface area contributed by atoms with Gasteiger partial charge in [-0.2, -0.15) is 0 Å². The van der Waals surface area contributed by atoms with Gasteiger partial charge in [0.05, 0.1) is 0 Å². The van der Waals surface area contributed by atoms with Gasteiger partial charge in [0.15, 0.2) is 0 Å². The predicted molar refractivity (Wildman–Crippen MR) is 69.4 cm³/mol. The molecular weight excluding hydrogens is 256 g/mol. The van der Waals surface area contributed by atoms with Gasteiger partial charge >= 0.3 is 0 Å². The lowest BCUT2D eigenvalue weighted by molar-refractivity contribution is 0.204. The second-order valence-electron chi connectivity index (χ2n) is 4.88. The molecule has 2 atom stereocenters. The molecule has 1 aromatic rings. The van der Waals surface area contributed by atoms with E-state index < -0.39 is 0 Å². The average molecular weight is 273 g/mol. The molecule has 0 bridgehead atoms. The van der Waals surface area contributed by atoms with Crippen molar-refractivity contribution < 1.29 is 0 Å². The standard InChI is InChI=1S/C11H17ClN4S/c12-11-9(14-15-17-11)7-16-6-2-4-10(16)8-3-1-5-13-8/h8,10,13H,1-7H2. The minimum atomic E-state index is 0.662. The highest BCUT2D eigenvalue weighted by Gasteiger charge is 2.33. The molecule has 4 nitrogen and oxygen atoms in total. The Morgan fingerprint density at radius 3 is 3.06 bits per heavy atom. The van der Waals surface area contributed by atoms with Crippen molar-refractivity contribution in [3.05, 3.63) is 10.0 Å². The van der Waals surface area contributed by atoms with Gasteiger partial charge in [-0.3, -0.25) is 4.90 Å². The summed E-state index contributed by atoms with van der Waals surface area (Å²) >= 11 is 7.36. The van der Waals surface area contributed by atoms with Crippen molar-refractivity contribution in [3.63, 3.8) is 0 Å². The zero-order valence-electron chi connectivity index (χ0n) is 9.73. The molecule has 0 radical (unpaired) electrons. The molecule has 2 saturated heterocycles. The van der Waals surface area contributed by atoms with E-state index in [1.807, 2.05) is 0 Å². The van der Waals surface area contributed by atoms with Gasteiger partial charge in [-0.05, 0) is 38.8 Å². The highest BCUT2D eigenvalue weighted by Crippen LogP contribution is 2.28. The molecule has 0 saturated carbocycles. The zero-order valence-corrected chi connectivity index (χ0v) is 11.3. The zero-order chi connectivity index (χ0) is 11.7. The Morgan fingerprint density at radius 2 is 2.35 bits per heavy atom. The van der Waals surface area contributed by atoms with Gasteiger partial charge < -0.3 is 5.32 Å². The van der Waals surface area contributed by atoms with Crippen molar-refractivity contribution in [3.8, 4) is 0 Å². The van der Waals surface area contributed by atoms with E-state index in [1.165, 1.54) is 43.8 Å². The number of nitrogens with zero attached hydrogens (tertiary/aromatic N) is 3. The molecule has 2 aliphatic rings. The molecule has 6 heteroatoms. The van der Waals surface area contributed by atoms with Crippen LogP contribution in [0.25, 0.3) is 0 Å². The van der Waals surface area contributed by atoms with Crippen molar-refractivity contribution in [2.24, 2.45) is 0 Å². The van der Waals surface area contributed by atoms with Crippen LogP contribution in [0.15, 0.2) is 0 Å². The Hall–Kier alpha value is -0.230. The number of likely N-dealkylation sites (tertiary alicyclic amines) is 1. The van der Waals surface area contributed by atoms with Gasteiger partial charge in [0.25, 0.3) is 0 Å². The van der Waals surface area contributed by atoms with Crippen molar-refractivity contribution in [2.45, 2.75) is 44.3 Å². The topological polar surface area (TPSA) is 41.1 Å². The normalized spacial score (nSPS) is 30.2. The first kappa shape index (κ1) is 11.8. The molecular formula is C11H17ClN4S. The molecule has 3 heterocycles. The first-order chi connectivity index (χ1) is 8.34. The van der Waals surface area contributed by atoms with Gasteiger partial charge in [0, 0.05) is 30.2 Å². The van der Waals surface area contributed by atoms with Crippen LogP contribution >= 0.6 is 23.1 Å². The van der Waals surface area contributed by atoms with Crippen LogP contribution in [0.3, 0.4) is 0 Å². The minimum Gasteiger partial charge on any atom is -0.312 e. The van der Waals surface area contributed by atoms with Crippen molar-refractivity contribution in [2.75, 3.05) is 13.1 Å². The fourth-order valence-electron chi connectivity index (χ4n) is 3.03. The van der Waals surface area contributed by atoms with Crippen molar-refractivity contribution in [1.82, 2.24) is 19.8 Å². The maximum Gasteiger partial charge on any atom is 0.138 e. The lowest BCUT2D eigenvalue weighted by atomic mass is 10.0. The van der Waals surface area contributed by atoms with E-state index in [0.29, 0.717) is 12.1 Å². The van der Waals surface area contributed by atoms with Gasteiger partial charge in [-0.25, -0.2) is 0 Å². The Kier molecular flexibility index (Phi) is 3.61. The third-order valence-electron chi connectivity index (χ3n) is 3.84. The number of aromatic nitrogens is 2. The largest absolute Gasteiger partial charge is 0.312 e. The van der Waals surface area contributed by atoms with E-state index in [9.17, 15) is 0 Å². The fraction of sp³-hybridized carbons (Fsp3) is 0.818. The molecule has 0 spiro atoms. The minimum absolute atomic E-state index is 0.662. The molecule has 3 rings (SSSR count). The van der Waals surface area contributed by atoms with Gasteiger partial charge in [-0.1, -0.05) is 16.1 Å². The monoisotopic (exact) mass is 272 g/mol. The van der Waals surface area contributed by atoms with E-state index in [0.717, 1.165) is 23.1 Å². The maximum atomic E-state index is 6.08. The Morgan fingerprint density at radius 1 is 1.41 bits per heavy atom. The Labute approximate surface area is 111 Å². The average Bonchev–Trinajstić information content (AvgIpc) is 3.02. The van der Waals surface area contributed by atoms with Crippen LogP contribution in [0.1, 0.15) is 31.4 Å². The van der Waals surface area contributed by atoms with Crippen LogP contribution in [0.2, 0.25) is 4.34 Å². The quantitative estimate of drug-likeness (QED) is 0.913. The smallest absolute Gasteiger partial charge is 0.138 e. The van der Waals surface area contributed by atoms with Crippen LogP contribution in [-0.4, -0.2) is 39.7 Å². The highest BCUT2D eigenvalue weighted by molar-refractivity contribution is 7.10. The summed E-state index contributed by atoms with van der Waals surface area (Å²) in [5.74, 6) is 0. The predicted octanol–water partition coefficient (Wildman–Crippen LogP) is 1.91. The summed E-state index contributed by atoms with van der Waals surface area (Å²) in [5, 5.41) is 7.73. The van der Waals surface area contributed by atoms with E-state index in [2.05, 4.69) is 19.8 Å². The Bertz CT molecular complexity index is 377. The van der Waals surface area contributed by atoms with Gasteiger partial charge in [-0.15, -0.1) is 5.10 Å². The van der Waals surface area contributed by atoms with Crippen LogP contribution < -0.4 is 5.32 Å². The molecule has 0 aliphatic carbocycles. The molecule has 1 aromatic heterocycles. The maximum absolute atomic E-state index is 6.08. The number of halogens is 1. The molecule has 94 valence electrons. The Balaban J connectivity index is 1.67. The molecule has 17 heavy (non-hydrogen) atoms. The molecule has 2 fully saturated rings. The molecule has 1 N–H and O–H groups in total. The number of hydrogen-bond donors (Lipinski definition) is 1. The summed E-state index contributed by atoms with van der Waals surface area (Å²) in [5.41, 5.74) is 0.946. The molecule has 0 aromatic carbocycles. The van der Waals surface area contributed by atoms with E-state index >= 15 is 0 Å². The second-order valence-corrected chi connectivity index (χ2v) is 6.23. The van der Waals surface area contributed by atoms with Crippen LogP contribution in [0, 0.1) is 0 Å². The number of nitrogens with one attached hydrogen (secondary N) is 1. The SMILES string of the molecule is Clc1snnc1CN1CCCC1C1CCCN1. The molecule has 2 aliphatic heterocycles. The summed E-state index contributed by atoms with van der Waals surface area (Å²) in [7, 11) is 0. The summed E-state index contributed by atoms with van der Waals surface area (Å²) in [6, 6.07) is 1.33. The number of hydrogen-bond acceptors (Lipinski definition) is 5. The number of rotatable bonds is 3. The van der Waals surface area contributed by atoms with E-state index in [-0.39, 0.29) is 0 Å². The van der Waals surface area contributed by atoms with Crippen LogP contribution in [0.5, 0.6) is 0 Å². The molecule has 0 amide bonds. The van der Waals surface area contributed by atoms with Gasteiger partial charge in [0.2, 0.25) is 0 Å². The summed E-state index contributed by atoms with van der Waals surface area (Å²) < 4.78 is 4.65. The molecule has 2 unspecified atom stereocenters. The second kappa shape index (κ2) is 5.18. The highest BCUT2D eigenvalue weighted by atomic mass is 35.5. The van der Waals surface area contributed by atoms with Crippen molar-refractivity contribution in [1.29, 1.82) is 0 Å². The summed E-state index contributed by atoms with van der Waals surface area (Å²) in [6.45, 7) is 3.20. The first-order valence-electron chi connectivity index (χ1n) is 6.29. The lowest BCUT2D eigenvalue weighted by Gasteiger charge is -2.28. The third-order valence-corrected chi connectivity index (χ3v) is 4.82. The van der Waals surface area contributed by atoms with Gasteiger partial charge in [0.1, 0.15) is 10.0 Å². The van der Waals surface area contributed by atoms with E-state index in [4.69, 9.17) is 11.6 Å². The third kappa shape index (κ3) is 2.47. The fourth-order valence-corrected chi connectivity index (χ4v) is 3.64. The van der Waals surface area contributed by atoms with Crippen molar-refractivity contribution >= 4 is 23.1 Å². The summed E-state index contributed by atoms with van der Waals surface area (Å²) in [4.78, 5) is 2.52. The summed E-state index contributed by atoms with van der Waals surface area (Å²) in [6.07, 6.45) is 5.21. The van der Waals surface area contributed by atoms with Crippen LogP contribution in [-0.2, 0) is 6.54 Å². The lowest BCUT2D eigenvalue weighted by Crippen LogP contribution is -2.43. The van der Waals surface area contributed by atoms with Crippen LogP contribution in [0.4, 0.5) is 0 Å². The first-order valence-corrected chi connectivity index (χ1v) is 7.44. The van der Waals surface area contributed by atoms with E-state index in [1.54, 1.807) is 0 Å².